The summed E-state index contributed by atoms with van der Waals surface area (Å²) in [6, 6.07) is 8.05. The Kier molecular flexibility index (Phi) is 3.98. The van der Waals surface area contributed by atoms with Gasteiger partial charge in [-0.25, -0.2) is 0 Å². The van der Waals surface area contributed by atoms with E-state index in [0.29, 0.717) is 6.61 Å². The Hall–Kier alpha value is -1.51. The monoisotopic (exact) mass is 193 g/mol. The quantitative estimate of drug-likeness (QED) is 0.741. The van der Waals surface area contributed by atoms with E-state index >= 15 is 0 Å². The van der Waals surface area contributed by atoms with Crippen molar-refractivity contribution < 1.29 is 9.53 Å². The van der Waals surface area contributed by atoms with Crippen molar-refractivity contribution >= 4 is 11.7 Å². The van der Waals surface area contributed by atoms with Crippen LogP contribution in [-0.4, -0.2) is 19.6 Å². The minimum absolute atomic E-state index is 0.225. The third-order valence-electron chi connectivity index (χ3n) is 1.94. The van der Waals surface area contributed by atoms with E-state index in [2.05, 4.69) is 5.32 Å². The summed E-state index contributed by atoms with van der Waals surface area (Å²) in [5.74, 6) is -0.225. The molecule has 0 heterocycles. The second kappa shape index (κ2) is 5.27. The highest BCUT2D eigenvalue weighted by atomic mass is 16.5. The maximum atomic E-state index is 10.5. The molecule has 3 nitrogen and oxygen atoms in total. The zero-order valence-electron chi connectivity index (χ0n) is 8.54. The lowest BCUT2D eigenvalue weighted by Gasteiger charge is -2.03. The first-order chi connectivity index (χ1) is 6.72. The van der Waals surface area contributed by atoms with Crippen molar-refractivity contribution in [3.8, 4) is 0 Å². The van der Waals surface area contributed by atoms with Crippen LogP contribution in [0.4, 0.5) is 5.69 Å². The van der Waals surface area contributed by atoms with Gasteiger partial charge < -0.3 is 10.1 Å². The zero-order chi connectivity index (χ0) is 10.4. The molecule has 0 aliphatic rings. The van der Waals surface area contributed by atoms with Crippen LogP contribution in [-0.2, 0) is 16.0 Å². The number of carbonyl (C=O) groups is 1. The normalized spacial score (nSPS) is 9.57. The maximum Gasteiger partial charge on any atom is 0.302 e. The van der Waals surface area contributed by atoms with Crippen molar-refractivity contribution in [2.75, 3.05) is 19.0 Å². The number of benzene rings is 1. The molecule has 0 amide bonds. The first-order valence-corrected chi connectivity index (χ1v) is 4.62. The molecule has 0 aromatic heterocycles. The summed E-state index contributed by atoms with van der Waals surface area (Å²) in [5.41, 5.74) is 2.26. The minimum atomic E-state index is -0.225. The summed E-state index contributed by atoms with van der Waals surface area (Å²) in [4.78, 5) is 10.5. The van der Waals surface area contributed by atoms with Crippen LogP contribution in [0.3, 0.4) is 0 Å². The van der Waals surface area contributed by atoms with Gasteiger partial charge in [0, 0.05) is 26.1 Å². The Morgan fingerprint density at radius 2 is 2.00 bits per heavy atom. The van der Waals surface area contributed by atoms with E-state index in [0.717, 1.165) is 12.1 Å². The predicted octanol–water partition coefficient (Wildman–Crippen LogP) is 1.83. The van der Waals surface area contributed by atoms with Gasteiger partial charge in [-0.05, 0) is 17.7 Å². The molecule has 0 atom stereocenters. The molecule has 0 saturated heterocycles. The average molecular weight is 193 g/mol. The molecule has 1 aromatic rings. The number of nitrogens with one attached hydrogen (secondary N) is 1. The van der Waals surface area contributed by atoms with E-state index in [1.165, 1.54) is 12.5 Å². The Balaban J connectivity index is 2.40. The smallest absolute Gasteiger partial charge is 0.302 e. The van der Waals surface area contributed by atoms with E-state index in [4.69, 9.17) is 4.74 Å². The standard InChI is InChI=1S/C11H15NO2/c1-9(13)14-8-7-10-3-5-11(12-2)6-4-10/h3-6,12H,7-8H2,1-2H3. The number of carbonyl (C=O) groups excluding carboxylic acids is 1. The summed E-state index contributed by atoms with van der Waals surface area (Å²) >= 11 is 0. The number of rotatable bonds is 4. The van der Waals surface area contributed by atoms with Gasteiger partial charge in [0.1, 0.15) is 0 Å². The van der Waals surface area contributed by atoms with Gasteiger partial charge >= 0.3 is 5.97 Å². The summed E-state index contributed by atoms with van der Waals surface area (Å²) in [7, 11) is 1.88. The summed E-state index contributed by atoms with van der Waals surface area (Å²) in [5, 5.41) is 3.04. The lowest BCUT2D eigenvalue weighted by Crippen LogP contribution is -2.03. The molecule has 0 spiro atoms. The molecule has 14 heavy (non-hydrogen) atoms. The molecular weight excluding hydrogens is 178 g/mol. The van der Waals surface area contributed by atoms with Crippen LogP contribution < -0.4 is 5.32 Å². The lowest BCUT2D eigenvalue weighted by molar-refractivity contribution is -0.140. The molecular formula is C11H15NO2. The molecule has 1 rings (SSSR count). The molecule has 0 unspecified atom stereocenters. The van der Waals surface area contributed by atoms with E-state index < -0.39 is 0 Å². The SMILES string of the molecule is CNc1ccc(CCOC(C)=O)cc1. The van der Waals surface area contributed by atoms with Crippen molar-refractivity contribution in [3.05, 3.63) is 29.8 Å². The van der Waals surface area contributed by atoms with E-state index in [-0.39, 0.29) is 5.97 Å². The summed E-state index contributed by atoms with van der Waals surface area (Å²) in [6.07, 6.45) is 0.767. The molecule has 76 valence electrons. The molecule has 1 aromatic carbocycles. The largest absolute Gasteiger partial charge is 0.466 e. The molecule has 1 N–H and O–H groups in total. The van der Waals surface area contributed by atoms with E-state index in [1.54, 1.807) is 0 Å². The topological polar surface area (TPSA) is 38.3 Å². The van der Waals surface area contributed by atoms with Crippen molar-refractivity contribution in [1.29, 1.82) is 0 Å². The van der Waals surface area contributed by atoms with Crippen LogP contribution in [0, 0.1) is 0 Å². The minimum Gasteiger partial charge on any atom is -0.466 e. The van der Waals surface area contributed by atoms with Crippen molar-refractivity contribution in [2.45, 2.75) is 13.3 Å². The van der Waals surface area contributed by atoms with Gasteiger partial charge in [0.2, 0.25) is 0 Å². The van der Waals surface area contributed by atoms with Gasteiger partial charge in [-0.1, -0.05) is 12.1 Å². The first-order valence-electron chi connectivity index (χ1n) is 4.62. The molecule has 0 bridgehead atoms. The fourth-order valence-electron chi connectivity index (χ4n) is 1.15. The zero-order valence-corrected chi connectivity index (χ0v) is 8.54. The van der Waals surface area contributed by atoms with Gasteiger partial charge in [0.25, 0.3) is 0 Å². The molecule has 0 fully saturated rings. The first kappa shape index (κ1) is 10.6. The maximum absolute atomic E-state index is 10.5. The Morgan fingerprint density at radius 3 is 2.50 bits per heavy atom. The Labute approximate surface area is 84.1 Å². The fourth-order valence-corrected chi connectivity index (χ4v) is 1.15. The highest BCUT2D eigenvalue weighted by molar-refractivity contribution is 5.65. The summed E-state index contributed by atoms with van der Waals surface area (Å²) < 4.78 is 4.85. The van der Waals surface area contributed by atoms with Crippen molar-refractivity contribution in [3.63, 3.8) is 0 Å². The van der Waals surface area contributed by atoms with Gasteiger partial charge in [-0.3, -0.25) is 4.79 Å². The van der Waals surface area contributed by atoms with Gasteiger partial charge in [0.05, 0.1) is 6.61 Å². The number of hydrogen-bond acceptors (Lipinski definition) is 3. The number of hydrogen-bond donors (Lipinski definition) is 1. The molecule has 0 radical (unpaired) electrons. The fraction of sp³-hybridized carbons (Fsp3) is 0.364. The number of esters is 1. The van der Waals surface area contributed by atoms with Gasteiger partial charge in [-0.15, -0.1) is 0 Å². The Bertz CT molecular complexity index is 293. The van der Waals surface area contributed by atoms with Gasteiger partial charge in [0.15, 0.2) is 0 Å². The van der Waals surface area contributed by atoms with Crippen LogP contribution in [0.25, 0.3) is 0 Å². The molecule has 0 saturated carbocycles. The van der Waals surface area contributed by atoms with Crippen molar-refractivity contribution in [2.24, 2.45) is 0 Å². The number of anilines is 1. The lowest BCUT2D eigenvalue weighted by atomic mass is 10.1. The van der Waals surface area contributed by atoms with Crippen LogP contribution in [0.5, 0.6) is 0 Å². The highest BCUT2D eigenvalue weighted by Crippen LogP contribution is 2.08. The Morgan fingerprint density at radius 1 is 1.36 bits per heavy atom. The highest BCUT2D eigenvalue weighted by Gasteiger charge is 1.95. The number of ether oxygens (including phenoxy) is 1. The van der Waals surface area contributed by atoms with Crippen LogP contribution in [0.2, 0.25) is 0 Å². The third kappa shape index (κ3) is 3.47. The summed E-state index contributed by atoms with van der Waals surface area (Å²) in [6.45, 7) is 1.87. The van der Waals surface area contributed by atoms with E-state index in [1.807, 2.05) is 31.3 Å². The molecule has 0 aliphatic heterocycles. The molecule has 3 heteroatoms. The van der Waals surface area contributed by atoms with Crippen LogP contribution in [0.15, 0.2) is 24.3 Å². The average Bonchev–Trinajstić information content (AvgIpc) is 2.18. The van der Waals surface area contributed by atoms with Crippen LogP contribution in [0.1, 0.15) is 12.5 Å². The van der Waals surface area contributed by atoms with E-state index in [9.17, 15) is 4.79 Å². The predicted molar refractivity (Wildman–Crippen MR) is 56.3 cm³/mol. The van der Waals surface area contributed by atoms with Crippen LogP contribution >= 0.6 is 0 Å². The van der Waals surface area contributed by atoms with Gasteiger partial charge in [-0.2, -0.15) is 0 Å². The second-order valence-electron chi connectivity index (χ2n) is 3.04. The molecule has 0 aliphatic carbocycles. The third-order valence-corrected chi connectivity index (χ3v) is 1.94. The second-order valence-corrected chi connectivity index (χ2v) is 3.04. The van der Waals surface area contributed by atoms with Crippen molar-refractivity contribution in [1.82, 2.24) is 0 Å².